The Morgan fingerprint density at radius 1 is 1.26 bits per heavy atom. The van der Waals surface area contributed by atoms with Gasteiger partial charge in [0.2, 0.25) is 5.91 Å². The van der Waals surface area contributed by atoms with E-state index in [1.165, 1.54) is 0 Å². The molecule has 1 amide bonds. The average Bonchev–Trinajstić information content (AvgIpc) is 3.24. The van der Waals surface area contributed by atoms with Crippen LogP contribution < -0.4 is 16.2 Å². The lowest BCUT2D eigenvalue weighted by molar-refractivity contribution is -0.116. The number of benzene rings is 1. The summed E-state index contributed by atoms with van der Waals surface area (Å²) >= 11 is 0. The second-order valence-electron chi connectivity index (χ2n) is 7.68. The van der Waals surface area contributed by atoms with Gasteiger partial charge in [0.15, 0.2) is 17.5 Å². The third-order valence-corrected chi connectivity index (χ3v) is 4.63. The Morgan fingerprint density at radius 3 is 2.67 bits per heavy atom. The molecular weight excluding hydrogens is 359 g/mol. The second kappa shape index (κ2) is 7.32. The summed E-state index contributed by atoms with van der Waals surface area (Å²) in [5.74, 6) is -4.27. The number of aromatic nitrogens is 2. The van der Waals surface area contributed by atoms with E-state index in [1.54, 1.807) is 17.0 Å². The van der Waals surface area contributed by atoms with Gasteiger partial charge in [0.1, 0.15) is 12.4 Å². The first-order valence-electron chi connectivity index (χ1n) is 8.62. The second-order valence-corrected chi connectivity index (χ2v) is 7.68. The summed E-state index contributed by atoms with van der Waals surface area (Å²) in [5.41, 5.74) is 6.08. The van der Waals surface area contributed by atoms with Crippen LogP contribution >= 0.6 is 0 Å². The van der Waals surface area contributed by atoms with Gasteiger partial charge in [-0.1, -0.05) is 20.8 Å². The Hall–Kier alpha value is -2.39. The number of imidazole rings is 1. The van der Waals surface area contributed by atoms with Crippen molar-refractivity contribution in [3.8, 4) is 0 Å². The number of anilines is 1. The third-order valence-electron chi connectivity index (χ3n) is 4.63. The molecule has 1 aromatic carbocycles. The largest absolute Gasteiger partial charge is 0.324 e. The van der Waals surface area contributed by atoms with E-state index >= 15 is 0 Å². The molecule has 1 fully saturated rings. The number of carbonyl (C=O) groups is 1. The van der Waals surface area contributed by atoms with Crippen molar-refractivity contribution in [2.45, 2.75) is 45.8 Å². The standard InChI is InChI=1S/C18H22F3N5O/c1-18(2,3)13-8-12(24-25-13)17-22-6-7-26(17)9-14(27)23-11-5-4-10(19)15(20)16(11)21/h4-7,12-13,24-25H,8-9H2,1-3H3,(H,23,27). The smallest absolute Gasteiger partial charge is 0.244 e. The lowest BCUT2D eigenvalue weighted by Gasteiger charge is -2.26. The molecule has 2 aromatic rings. The van der Waals surface area contributed by atoms with Crippen molar-refractivity contribution in [2.75, 3.05) is 5.32 Å². The van der Waals surface area contributed by atoms with Crippen LogP contribution in [0.15, 0.2) is 24.5 Å². The number of carbonyl (C=O) groups excluding carboxylic acids is 1. The molecule has 1 aromatic heterocycles. The quantitative estimate of drug-likeness (QED) is 0.713. The fraction of sp³-hybridized carbons (Fsp3) is 0.444. The molecule has 0 saturated carbocycles. The van der Waals surface area contributed by atoms with Gasteiger partial charge in [-0.3, -0.25) is 10.2 Å². The molecule has 1 aliphatic heterocycles. The zero-order chi connectivity index (χ0) is 19.8. The number of hydrazine groups is 1. The zero-order valence-corrected chi connectivity index (χ0v) is 15.3. The van der Waals surface area contributed by atoms with Crippen LogP contribution in [0.1, 0.15) is 39.1 Å². The van der Waals surface area contributed by atoms with Crippen molar-refractivity contribution in [3.05, 3.63) is 47.8 Å². The van der Waals surface area contributed by atoms with Gasteiger partial charge in [-0.05, 0) is 24.0 Å². The highest BCUT2D eigenvalue weighted by Gasteiger charge is 2.35. The third kappa shape index (κ3) is 4.14. The van der Waals surface area contributed by atoms with E-state index < -0.39 is 29.0 Å². The number of nitrogens with one attached hydrogen (secondary N) is 3. The Balaban J connectivity index is 1.69. The number of nitrogens with zero attached hydrogens (tertiary/aromatic N) is 2. The summed E-state index contributed by atoms with van der Waals surface area (Å²) in [7, 11) is 0. The Morgan fingerprint density at radius 2 is 2.00 bits per heavy atom. The number of rotatable bonds is 4. The van der Waals surface area contributed by atoms with E-state index in [4.69, 9.17) is 0 Å². The first kappa shape index (κ1) is 19.4. The fourth-order valence-electron chi connectivity index (χ4n) is 3.03. The van der Waals surface area contributed by atoms with Gasteiger partial charge < -0.3 is 9.88 Å². The van der Waals surface area contributed by atoms with Crippen LogP contribution in [0.3, 0.4) is 0 Å². The minimum absolute atomic E-state index is 0.0563. The molecule has 0 radical (unpaired) electrons. The maximum absolute atomic E-state index is 13.7. The lowest BCUT2D eigenvalue weighted by Crippen LogP contribution is -2.39. The van der Waals surface area contributed by atoms with E-state index in [9.17, 15) is 18.0 Å². The number of amides is 1. The first-order valence-corrected chi connectivity index (χ1v) is 8.62. The average molecular weight is 381 g/mol. The highest BCUT2D eigenvalue weighted by molar-refractivity contribution is 5.90. The van der Waals surface area contributed by atoms with Crippen molar-refractivity contribution in [1.29, 1.82) is 0 Å². The Kier molecular flexibility index (Phi) is 5.25. The summed E-state index contributed by atoms with van der Waals surface area (Å²) in [4.78, 5) is 16.6. The number of halogens is 3. The Labute approximate surface area is 155 Å². The predicted octanol–water partition coefficient (Wildman–Crippen LogP) is 2.89. The molecule has 9 heteroatoms. The van der Waals surface area contributed by atoms with Crippen LogP contribution in [0.25, 0.3) is 0 Å². The molecular formula is C18H22F3N5O. The summed E-state index contributed by atoms with van der Waals surface area (Å²) in [6.07, 6.45) is 4.01. The van der Waals surface area contributed by atoms with Crippen molar-refractivity contribution < 1.29 is 18.0 Å². The molecule has 1 saturated heterocycles. The highest BCUT2D eigenvalue weighted by atomic mass is 19.2. The van der Waals surface area contributed by atoms with Gasteiger partial charge in [0.25, 0.3) is 0 Å². The van der Waals surface area contributed by atoms with Gasteiger partial charge in [-0.15, -0.1) is 0 Å². The van der Waals surface area contributed by atoms with Gasteiger partial charge in [-0.2, -0.15) is 0 Å². The molecule has 2 heterocycles. The molecule has 1 aliphatic rings. The van der Waals surface area contributed by atoms with Crippen LogP contribution in [-0.4, -0.2) is 21.5 Å². The van der Waals surface area contributed by atoms with Crippen LogP contribution in [-0.2, 0) is 11.3 Å². The molecule has 2 atom stereocenters. The summed E-state index contributed by atoms with van der Waals surface area (Å²) in [6.45, 7) is 6.26. The molecule has 6 nitrogen and oxygen atoms in total. The van der Waals surface area contributed by atoms with Crippen LogP contribution in [0.5, 0.6) is 0 Å². The molecule has 0 bridgehead atoms. The molecule has 0 aliphatic carbocycles. The van der Waals surface area contributed by atoms with E-state index in [2.05, 4.69) is 41.9 Å². The Bertz CT molecular complexity index is 846. The summed E-state index contributed by atoms with van der Waals surface area (Å²) in [5, 5.41) is 2.26. The normalized spacial score (nSPS) is 20.1. The van der Waals surface area contributed by atoms with Crippen molar-refractivity contribution in [1.82, 2.24) is 20.4 Å². The van der Waals surface area contributed by atoms with Crippen molar-refractivity contribution >= 4 is 11.6 Å². The van der Waals surface area contributed by atoms with Gasteiger partial charge in [0.05, 0.1) is 11.7 Å². The maximum Gasteiger partial charge on any atom is 0.244 e. The van der Waals surface area contributed by atoms with Gasteiger partial charge >= 0.3 is 0 Å². The summed E-state index contributed by atoms with van der Waals surface area (Å²) < 4.78 is 41.6. The molecule has 27 heavy (non-hydrogen) atoms. The van der Waals surface area contributed by atoms with Crippen LogP contribution in [0.4, 0.5) is 18.9 Å². The van der Waals surface area contributed by atoms with Gasteiger partial charge in [0, 0.05) is 18.4 Å². The first-order chi connectivity index (χ1) is 12.7. The van der Waals surface area contributed by atoms with Crippen molar-refractivity contribution in [3.63, 3.8) is 0 Å². The molecule has 3 N–H and O–H groups in total. The monoisotopic (exact) mass is 381 g/mol. The number of hydrogen-bond donors (Lipinski definition) is 3. The van der Waals surface area contributed by atoms with Crippen LogP contribution in [0.2, 0.25) is 0 Å². The van der Waals surface area contributed by atoms with Crippen LogP contribution in [0, 0.1) is 22.9 Å². The molecule has 2 unspecified atom stereocenters. The molecule has 146 valence electrons. The van der Waals surface area contributed by atoms with Gasteiger partial charge in [-0.25, -0.2) is 23.6 Å². The van der Waals surface area contributed by atoms with Crippen molar-refractivity contribution in [2.24, 2.45) is 5.41 Å². The SMILES string of the molecule is CC(C)(C)C1CC(c2nccn2CC(=O)Nc2ccc(F)c(F)c2F)NN1. The molecule has 3 rings (SSSR count). The minimum Gasteiger partial charge on any atom is -0.324 e. The highest BCUT2D eigenvalue weighted by Crippen LogP contribution is 2.31. The fourth-order valence-corrected chi connectivity index (χ4v) is 3.03. The topological polar surface area (TPSA) is 71.0 Å². The summed E-state index contributed by atoms with van der Waals surface area (Å²) in [6, 6.07) is 1.89. The molecule has 0 spiro atoms. The minimum atomic E-state index is -1.62. The maximum atomic E-state index is 13.7. The number of hydrogen-bond acceptors (Lipinski definition) is 4. The van der Waals surface area contributed by atoms with E-state index in [1.807, 2.05) is 0 Å². The lowest BCUT2D eigenvalue weighted by atomic mass is 9.84. The van der Waals surface area contributed by atoms with E-state index in [0.29, 0.717) is 5.82 Å². The van der Waals surface area contributed by atoms with E-state index in [-0.39, 0.29) is 24.0 Å². The predicted molar refractivity (Wildman–Crippen MR) is 94.0 cm³/mol. The van der Waals surface area contributed by atoms with E-state index in [0.717, 1.165) is 18.6 Å². The zero-order valence-electron chi connectivity index (χ0n) is 15.3.